The van der Waals surface area contributed by atoms with E-state index in [1.54, 1.807) is 0 Å². The van der Waals surface area contributed by atoms with Crippen molar-refractivity contribution in [3.63, 3.8) is 0 Å². The van der Waals surface area contributed by atoms with Gasteiger partial charge in [0, 0.05) is 12.3 Å². The zero-order valence-electron chi connectivity index (χ0n) is 11.6. The van der Waals surface area contributed by atoms with Crippen LogP contribution in [0.3, 0.4) is 0 Å². The summed E-state index contributed by atoms with van der Waals surface area (Å²) in [4.78, 5) is 4.57. The lowest BCUT2D eigenvalue weighted by molar-refractivity contribution is 0.249. The molecule has 0 spiro atoms. The molecule has 4 heteroatoms. The van der Waals surface area contributed by atoms with E-state index in [9.17, 15) is 0 Å². The topological polar surface area (TPSA) is 64.9 Å². The van der Waals surface area contributed by atoms with Gasteiger partial charge in [-0.2, -0.15) is 4.98 Å². The Labute approximate surface area is 109 Å². The van der Waals surface area contributed by atoms with Crippen molar-refractivity contribution in [3.05, 3.63) is 11.7 Å². The summed E-state index contributed by atoms with van der Waals surface area (Å²) in [5.41, 5.74) is 5.85. The van der Waals surface area contributed by atoms with Crippen molar-refractivity contribution in [3.8, 4) is 0 Å². The summed E-state index contributed by atoms with van der Waals surface area (Å²) >= 11 is 0. The number of hydrogen-bond donors (Lipinski definition) is 1. The zero-order valence-corrected chi connectivity index (χ0v) is 11.6. The van der Waals surface area contributed by atoms with Crippen molar-refractivity contribution in [2.24, 2.45) is 17.6 Å². The lowest BCUT2D eigenvalue weighted by atomic mass is 9.79. The number of nitrogens with zero attached hydrogens (tertiary/aromatic N) is 2. The smallest absolute Gasteiger partial charge is 0.230 e. The Bertz CT molecular complexity index is 362. The third kappa shape index (κ3) is 3.31. The van der Waals surface area contributed by atoms with E-state index in [1.165, 1.54) is 19.3 Å². The van der Waals surface area contributed by atoms with Gasteiger partial charge in [0.05, 0.1) is 0 Å². The molecule has 102 valence electrons. The van der Waals surface area contributed by atoms with E-state index in [1.807, 2.05) is 0 Å². The second-order valence-electron chi connectivity index (χ2n) is 5.87. The van der Waals surface area contributed by atoms with Gasteiger partial charge in [-0.05, 0) is 37.6 Å². The first-order chi connectivity index (χ1) is 8.70. The molecule has 2 rings (SSSR count). The van der Waals surface area contributed by atoms with E-state index in [0.717, 1.165) is 37.5 Å². The van der Waals surface area contributed by atoms with Crippen LogP contribution in [0.25, 0.3) is 0 Å². The molecule has 1 heterocycles. The molecule has 2 atom stereocenters. The van der Waals surface area contributed by atoms with Crippen LogP contribution in [0.5, 0.6) is 0 Å². The molecular weight excluding hydrogens is 226 g/mol. The van der Waals surface area contributed by atoms with Crippen molar-refractivity contribution < 1.29 is 4.52 Å². The summed E-state index contributed by atoms with van der Waals surface area (Å²) in [6.07, 6.45) is 6.92. The second-order valence-corrected chi connectivity index (χ2v) is 5.87. The van der Waals surface area contributed by atoms with E-state index in [4.69, 9.17) is 10.3 Å². The van der Waals surface area contributed by atoms with E-state index >= 15 is 0 Å². The van der Waals surface area contributed by atoms with Gasteiger partial charge in [0.25, 0.3) is 0 Å². The summed E-state index contributed by atoms with van der Waals surface area (Å²) in [7, 11) is 0. The summed E-state index contributed by atoms with van der Waals surface area (Å²) in [5, 5.41) is 4.11. The highest BCUT2D eigenvalue weighted by atomic mass is 16.5. The molecule has 1 aliphatic rings. The molecular formula is C14H25N3O. The standard InChI is InChI=1S/C14H25N3O/c1-10(2)7-8-13-16-14(18-17-13)12-6-4-3-5-11(12)9-15/h10-12H,3-9,15H2,1-2H3. The number of aryl methyl sites for hydroxylation is 1. The van der Waals surface area contributed by atoms with Crippen LogP contribution in [0, 0.1) is 11.8 Å². The number of nitrogens with two attached hydrogens (primary N) is 1. The maximum Gasteiger partial charge on any atom is 0.230 e. The number of hydrogen-bond acceptors (Lipinski definition) is 4. The molecule has 4 nitrogen and oxygen atoms in total. The third-order valence-corrected chi connectivity index (χ3v) is 3.96. The van der Waals surface area contributed by atoms with Gasteiger partial charge in [-0.25, -0.2) is 0 Å². The lowest BCUT2D eigenvalue weighted by Crippen LogP contribution is -2.25. The molecule has 0 aromatic carbocycles. The summed E-state index contributed by atoms with van der Waals surface area (Å²) in [5.74, 6) is 3.28. The fourth-order valence-corrected chi connectivity index (χ4v) is 2.75. The van der Waals surface area contributed by atoms with E-state index in [-0.39, 0.29) is 0 Å². The fourth-order valence-electron chi connectivity index (χ4n) is 2.75. The van der Waals surface area contributed by atoms with Crippen LogP contribution in [-0.2, 0) is 6.42 Å². The van der Waals surface area contributed by atoms with Crippen molar-refractivity contribution in [2.75, 3.05) is 6.54 Å². The van der Waals surface area contributed by atoms with Gasteiger partial charge in [-0.1, -0.05) is 31.8 Å². The quantitative estimate of drug-likeness (QED) is 0.874. The van der Waals surface area contributed by atoms with Crippen LogP contribution < -0.4 is 5.73 Å². The minimum atomic E-state index is 0.393. The molecule has 1 saturated carbocycles. The van der Waals surface area contributed by atoms with Crippen LogP contribution in [0.15, 0.2) is 4.52 Å². The van der Waals surface area contributed by atoms with Gasteiger partial charge >= 0.3 is 0 Å². The average Bonchev–Trinajstić information content (AvgIpc) is 2.85. The highest BCUT2D eigenvalue weighted by molar-refractivity contribution is 4.99. The van der Waals surface area contributed by atoms with Gasteiger partial charge in [0.1, 0.15) is 0 Å². The Morgan fingerprint density at radius 3 is 2.83 bits per heavy atom. The van der Waals surface area contributed by atoms with Gasteiger partial charge < -0.3 is 10.3 Å². The Hall–Kier alpha value is -0.900. The molecule has 1 fully saturated rings. The molecule has 18 heavy (non-hydrogen) atoms. The molecule has 1 aliphatic carbocycles. The summed E-state index contributed by atoms with van der Waals surface area (Å²) < 4.78 is 5.45. The molecule has 2 unspecified atom stereocenters. The maximum absolute atomic E-state index is 5.85. The highest BCUT2D eigenvalue weighted by Crippen LogP contribution is 2.36. The largest absolute Gasteiger partial charge is 0.339 e. The first-order valence-electron chi connectivity index (χ1n) is 7.23. The second kappa shape index (κ2) is 6.32. The molecule has 0 aliphatic heterocycles. The predicted octanol–water partition coefficient (Wildman–Crippen LogP) is 2.89. The third-order valence-electron chi connectivity index (χ3n) is 3.96. The average molecular weight is 251 g/mol. The van der Waals surface area contributed by atoms with E-state index < -0.39 is 0 Å². The maximum atomic E-state index is 5.85. The summed E-state index contributed by atoms with van der Waals surface area (Å²) in [6, 6.07) is 0. The monoisotopic (exact) mass is 251 g/mol. The normalized spacial score (nSPS) is 24.7. The molecule has 0 saturated heterocycles. The minimum Gasteiger partial charge on any atom is -0.339 e. The fraction of sp³-hybridized carbons (Fsp3) is 0.857. The van der Waals surface area contributed by atoms with Crippen molar-refractivity contribution in [1.29, 1.82) is 0 Å². The van der Waals surface area contributed by atoms with Crippen LogP contribution in [0.1, 0.15) is 63.6 Å². The Kier molecular flexibility index (Phi) is 4.75. The molecule has 0 radical (unpaired) electrons. The van der Waals surface area contributed by atoms with Gasteiger partial charge in [0.2, 0.25) is 5.89 Å². The Morgan fingerprint density at radius 2 is 2.11 bits per heavy atom. The first-order valence-corrected chi connectivity index (χ1v) is 7.23. The summed E-state index contributed by atoms with van der Waals surface area (Å²) in [6.45, 7) is 5.16. The first kappa shape index (κ1) is 13.5. The lowest BCUT2D eigenvalue weighted by Gasteiger charge is -2.27. The number of rotatable bonds is 5. The zero-order chi connectivity index (χ0) is 13.0. The molecule has 1 aromatic rings. The van der Waals surface area contributed by atoms with Crippen molar-refractivity contribution in [1.82, 2.24) is 10.1 Å². The van der Waals surface area contributed by atoms with Crippen molar-refractivity contribution >= 4 is 0 Å². The van der Waals surface area contributed by atoms with E-state index in [0.29, 0.717) is 17.8 Å². The Morgan fingerprint density at radius 1 is 1.33 bits per heavy atom. The van der Waals surface area contributed by atoms with Crippen LogP contribution in [0.2, 0.25) is 0 Å². The van der Waals surface area contributed by atoms with Crippen molar-refractivity contribution in [2.45, 2.75) is 58.3 Å². The minimum absolute atomic E-state index is 0.393. The van der Waals surface area contributed by atoms with E-state index in [2.05, 4.69) is 24.0 Å². The molecule has 1 aromatic heterocycles. The highest BCUT2D eigenvalue weighted by Gasteiger charge is 2.29. The molecule has 0 amide bonds. The van der Waals surface area contributed by atoms with Crippen LogP contribution >= 0.6 is 0 Å². The predicted molar refractivity (Wildman–Crippen MR) is 71.2 cm³/mol. The Balaban J connectivity index is 1.99. The number of aromatic nitrogens is 2. The molecule has 2 N–H and O–H groups in total. The van der Waals surface area contributed by atoms with Gasteiger partial charge in [-0.15, -0.1) is 0 Å². The SMILES string of the molecule is CC(C)CCc1noc(C2CCCCC2CN)n1. The molecule has 0 bridgehead atoms. The van der Waals surface area contributed by atoms with Gasteiger partial charge in [-0.3, -0.25) is 0 Å². The van der Waals surface area contributed by atoms with Crippen LogP contribution in [0.4, 0.5) is 0 Å². The van der Waals surface area contributed by atoms with Gasteiger partial charge in [0.15, 0.2) is 5.82 Å². The van der Waals surface area contributed by atoms with Crippen LogP contribution in [-0.4, -0.2) is 16.7 Å².